The summed E-state index contributed by atoms with van der Waals surface area (Å²) in [5, 5.41) is 20.1. The Balaban J connectivity index is 1.28. The lowest BCUT2D eigenvalue weighted by Gasteiger charge is -2.15. The smallest absolute Gasteiger partial charge is 0.326 e. The molecule has 0 bridgehead atoms. The Kier molecular flexibility index (Phi) is 31.9. The Morgan fingerprint density at radius 1 is 0.424 bits per heavy atom. The topological polar surface area (TPSA) is 302 Å². The van der Waals surface area contributed by atoms with Crippen LogP contribution in [0.15, 0.2) is 24.3 Å². The van der Waals surface area contributed by atoms with E-state index in [0.717, 1.165) is 9.80 Å². The van der Waals surface area contributed by atoms with Gasteiger partial charge in [0.2, 0.25) is 23.6 Å². The van der Waals surface area contributed by atoms with Gasteiger partial charge in [-0.1, -0.05) is 0 Å². The van der Waals surface area contributed by atoms with E-state index in [9.17, 15) is 48.3 Å². The van der Waals surface area contributed by atoms with Gasteiger partial charge in [0.25, 0.3) is 23.6 Å². The molecule has 5 N–H and O–H groups in total. The summed E-state index contributed by atoms with van der Waals surface area (Å²) >= 11 is 0. The molecule has 24 nitrogen and oxygen atoms in total. The van der Waals surface area contributed by atoms with Crippen LogP contribution < -0.4 is 21.3 Å². The first-order valence-corrected chi connectivity index (χ1v) is 22.0. The molecule has 66 heavy (non-hydrogen) atoms. The summed E-state index contributed by atoms with van der Waals surface area (Å²) < 4.78 is 43.2. The quantitative estimate of drug-likeness (QED) is 0.0315. The molecule has 0 radical (unpaired) electrons. The highest BCUT2D eigenvalue weighted by molar-refractivity contribution is 6.13. The number of imide groups is 2. The monoisotopic (exact) mass is 942 g/mol. The molecule has 0 saturated heterocycles. The fourth-order valence-electron chi connectivity index (χ4n) is 5.60. The summed E-state index contributed by atoms with van der Waals surface area (Å²) in [5.41, 5.74) is 0. The summed E-state index contributed by atoms with van der Waals surface area (Å²) in [7, 11) is 0. The molecule has 2 rings (SSSR count). The van der Waals surface area contributed by atoms with Gasteiger partial charge >= 0.3 is 5.97 Å². The molecule has 0 fully saturated rings. The number of carboxylic acids is 1. The Morgan fingerprint density at radius 2 is 0.742 bits per heavy atom. The lowest BCUT2D eigenvalue weighted by molar-refractivity contribution is -0.142. The highest BCUT2D eigenvalue weighted by Gasteiger charge is 2.25. The molecule has 0 unspecified atom stereocenters. The van der Waals surface area contributed by atoms with Crippen molar-refractivity contribution in [1.29, 1.82) is 0 Å². The fraction of sp³-hybridized carbons (Fsp3) is 0.690. The lowest BCUT2D eigenvalue weighted by Crippen LogP contribution is -2.41. The molecule has 2 heterocycles. The van der Waals surface area contributed by atoms with E-state index in [1.54, 1.807) is 0 Å². The fourth-order valence-corrected chi connectivity index (χ4v) is 5.60. The third kappa shape index (κ3) is 28.6. The van der Waals surface area contributed by atoms with E-state index in [2.05, 4.69) is 21.3 Å². The summed E-state index contributed by atoms with van der Waals surface area (Å²) in [5.74, 6) is -4.09. The predicted molar refractivity (Wildman–Crippen MR) is 229 cm³/mol. The van der Waals surface area contributed by atoms with E-state index in [0.29, 0.717) is 85.5 Å². The molecular formula is C42H66N6O18. The molecule has 0 aliphatic carbocycles. The number of ether oxygens (including phenoxy) is 8. The van der Waals surface area contributed by atoms with Crippen LogP contribution in [0.25, 0.3) is 0 Å². The molecule has 0 saturated carbocycles. The van der Waals surface area contributed by atoms with Gasteiger partial charge < -0.3 is 64.3 Å². The second kappa shape index (κ2) is 36.9. The maximum absolute atomic E-state index is 12.3. The highest BCUT2D eigenvalue weighted by atomic mass is 16.6. The number of carbonyl (C=O) groups excluding carboxylic acids is 8. The predicted octanol–water partition coefficient (Wildman–Crippen LogP) is -2.38. The van der Waals surface area contributed by atoms with Gasteiger partial charge in [-0.3, -0.25) is 48.2 Å². The van der Waals surface area contributed by atoms with Crippen LogP contribution in [-0.4, -0.2) is 213 Å². The SMILES string of the molecule is O=C(CCOCCOCCOCCOCCNC(=O)CCN1C(=O)C=CC1=O)NCCCC[C@H](NC(=O)CCOCCOCCOCCOCCNC(=O)CCN1C(=O)C=CC1=O)C(=O)O. The van der Waals surface area contributed by atoms with Gasteiger partial charge in [-0.2, -0.15) is 0 Å². The van der Waals surface area contributed by atoms with Crippen molar-refractivity contribution in [1.82, 2.24) is 31.1 Å². The zero-order valence-electron chi connectivity index (χ0n) is 37.5. The zero-order valence-corrected chi connectivity index (χ0v) is 37.5. The number of carboxylic acid groups (broad SMARTS) is 1. The second-order valence-electron chi connectivity index (χ2n) is 14.2. The van der Waals surface area contributed by atoms with Crippen molar-refractivity contribution in [3.63, 3.8) is 0 Å². The zero-order chi connectivity index (χ0) is 48.0. The van der Waals surface area contributed by atoms with Crippen LogP contribution in [-0.2, 0) is 81.0 Å². The van der Waals surface area contributed by atoms with Gasteiger partial charge in [0, 0.05) is 82.7 Å². The first-order chi connectivity index (χ1) is 32.0. The summed E-state index contributed by atoms with van der Waals surface area (Å²) in [6.45, 7) is 5.61. The van der Waals surface area contributed by atoms with Crippen molar-refractivity contribution in [3.8, 4) is 0 Å². The number of carbonyl (C=O) groups is 9. The van der Waals surface area contributed by atoms with E-state index in [4.69, 9.17) is 37.9 Å². The molecule has 0 aromatic carbocycles. The molecule has 2 aliphatic rings. The summed E-state index contributed by atoms with van der Waals surface area (Å²) in [6.07, 6.45) is 6.04. The standard InChI is InChI=1S/C42H66N6O18/c49-34(8-15-47-38(53)4-5-39(47)54)44-13-19-61-23-27-65-31-29-63-25-21-59-17-10-36(51)43-12-2-1-3-33(42(57)58)46-37(52)11-18-60-22-26-64-30-32-66-28-24-62-20-14-45-35(50)9-16-48-40(55)6-7-41(48)56/h4-7,33H,1-3,8-32H2,(H,43,51)(H,44,49)(H,45,50)(H,46,52)(H,57,58)/t33-/m0/s1. The van der Waals surface area contributed by atoms with Crippen LogP contribution in [0.5, 0.6) is 0 Å². The van der Waals surface area contributed by atoms with Crippen molar-refractivity contribution in [2.75, 3.05) is 138 Å². The van der Waals surface area contributed by atoms with Crippen LogP contribution in [0.1, 0.15) is 44.9 Å². The van der Waals surface area contributed by atoms with Gasteiger partial charge in [0.1, 0.15) is 6.04 Å². The number of hydrogen-bond acceptors (Lipinski definition) is 17. The molecule has 2 aliphatic heterocycles. The summed E-state index contributed by atoms with van der Waals surface area (Å²) in [4.78, 5) is 108. The minimum Gasteiger partial charge on any atom is -0.480 e. The van der Waals surface area contributed by atoms with E-state index >= 15 is 0 Å². The number of unbranched alkanes of at least 4 members (excludes halogenated alkanes) is 1. The van der Waals surface area contributed by atoms with Crippen molar-refractivity contribution in [2.24, 2.45) is 0 Å². The number of hydrogen-bond donors (Lipinski definition) is 5. The number of nitrogens with one attached hydrogen (secondary N) is 4. The van der Waals surface area contributed by atoms with Crippen molar-refractivity contribution < 1.29 is 86.2 Å². The van der Waals surface area contributed by atoms with Crippen LogP contribution in [0, 0.1) is 0 Å². The van der Waals surface area contributed by atoms with E-state index < -0.39 is 41.5 Å². The van der Waals surface area contributed by atoms with E-state index in [1.165, 1.54) is 24.3 Å². The normalized spacial score (nSPS) is 13.8. The Labute approximate surface area is 383 Å². The second-order valence-corrected chi connectivity index (χ2v) is 14.2. The average molecular weight is 943 g/mol. The largest absolute Gasteiger partial charge is 0.480 e. The number of nitrogens with zero attached hydrogens (tertiary/aromatic N) is 2. The third-order valence-corrected chi connectivity index (χ3v) is 9.12. The first kappa shape index (κ1) is 56.9. The van der Waals surface area contributed by atoms with Gasteiger partial charge in [-0.05, 0) is 19.3 Å². The van der Waals surface area contributed by atoms with Crippen molar-refractivity contribution in [3.05, 3.63) is 24.3 Å². The maximum atomic E-state index is 12.3. The molecule has 1 atom stereocenters. The van der Waals surface area contributed by atoms with Crippen LogP contribution in [0.4, 0.5) is 0 Å². The van der Waals surface area contributed by atoms with Gasteiger partial charge in [-0.15, -0.1) is 0 Å². The van der Waals surface area contributed by atoms with E-state index in [1.807, 2.05) is 0 Å². The van der Waals surface area contributed by atoms with E-state index in [-0.39, 0.29) is 116 Å². The van der Waals surface area contributed by atoms with Gasteiger partial charge in [0.15, 0.2) is 0 Å². The Bertz CT molecular complexity index is 1540. The third-order valence-electron chi connectivity index (χ3n) is 9.12. The van der Waals surface area contributed by atoms with Crippen LogP contribution >= 0.6 is 0 Å². The first-order valence-electron chi connectivity index (χ1n) is 22.0. The number of rotatable bonds is 43. The molecule has 0 aromatic heterocycles. The Morgan fingerprint density at radius 3 is 1.12 bits per heavy atom. The van der Waals surface area contributed by atoms with Crippen molar-refractivity contribution in [2.45, 2.75) is 51.0 Å². The Hall–Kier alpha value is -5.21. The minimum atomic E-state index is -1.15. The summed E-state index contributed by atoms with van der Waals surface area (Å²) in [6, 6.07) is -1.06. The number of amides is 8. The van der Waals surface area contributed by atoms with Crippen LogP contribution in [0.2, 0.25) is 0 Å². The lowest BCUT2D eigenvalue weighted by atomic mass is 10.1. The maximum Gasteiger partial charge on any atom is 0.326 e. The molecule has 0 aromatic rings. The molecule has 0 spiro atoms. The van der Waals surface area contributed by atoms with Gasteiger partial charge in [0.05, 0.1) is 106 Å². The molecule has 8 amide bonds. The molecule has 372 valence electrons. The van der Waals surface area contributed by atoms with Crippen LogP contribution in [0.3, 0.4) is 0 Å². The molecule has 24 heteroatoms. The number of aliphatic carboxylic acids is 1. The average Bonchev–Trinajstić information content (AvgIpc) is 3.79. The van der Waals surface area contributed by atoms with Crippen molar-refractivity contribution >= 4 is 53.2 Å². The highest BCUT2D eigenvalue weighted by Crippen LogP contribution is 2.06. The van der Waals surface area contributed by atoms with Gasteiger partial charge in [-0.25, -0.2) is 4.79 Å². The minimum absolute atomic E-state index is 0.0113. The molecular weight excluding hydrogens is 876 g/mol.